The molecule has 1 aliphatic rings. The van der Waals surface area contributed by atoms with E-state index >= 15 is 0 Å². The van der Waals surface area contributed by atoms with Gasteiger partial charge in [-0.15, -0.1) is 0 Å². The first-order chi connectivity index (χ1) is 9.21. The summed E-state index contributed by atoms with van der Waals surface area (Å²) in [7, 11) is 3.81. The maximum Gasteiger partial charge on any atom is 0.329 e. The average molecular weight is 285 g/mol. The van der Waals surface area contributed by atoms with E-state index in [1.165, 1.54) is 4.90 Å². The number of amides is 2. The molecule has 2 amide bonds. The third-order valence-corrected chi connectivity index (χ3v) is 4.23. The summed E-state index contributed by atoms with van der Waals surface area (Å²) in [5.41, 5.74) is -1.19. The minimum absolute atomic E-state index is 0.222. The van der Waals surface area contributed by atoms with Crippen LogP contribution in [-0.4, -0.2) is 77.1 Å². The summed E-state index contributed by atoms with van der Waals surface area (Å²) in [6, 6.07) is 0.149. The van der Waals surface area contributed by atoms with E-state index in [9.17, 15) is 14.7 Å². The Morgan fingerprint density at radius 1 is 1.40 bits per heavy atom. The third-order valence-electron chi connectivity index (χ3n) is 4.23. The maximum absolute atomic E-state index is 12.5. The van der Waals surface area contributed by atoms with E-state index in [-0.39, 0.29) is 6.03 Å². The Balaban J connectivity index is 2.73. The van der Waals surface area contributed by atoms with Crippen LogP contribution >= 0.6 is 0 Å². The first-order valence-corrected chi connectivity index (χ1v) is 7.18. The number of carboxylic acids is 1. The predicted octanol–water partition coefficient (Wildman–Crippen LogP) is 1.32. The molecule has 6 nitrogen and oxygen atoms in total. The molecule has 1 heterocycles. The Bertz CT molecular complexity index is 371. The van der Waals surface area contributed by atoms with Crippen LogP contribution in [0.4, 0.5) is 4.79 Å². The molecule has 0 aromatic heterocycles. The van der Waals surface area contributed by atoms with Crippen LogP contribution < -0.4 is 0 Å². The lowest BCUT2D eigenvalue weighted by Gasteiger charge is -2.38. The molecule has 0 aromatic rings. The van der Waals surface area contributed by atoms with E-state index < -0.39 is 11.5 Å². The van der Waals surface area contributed by atoms with Gasteiger partial charge in [0.2, 0.25) is 0 Å². The molecule has 1 aliphatic heterocycles. The van der Waals surface area contributed by atoms with E-state index in [1.54, 1.807) is 32.7 Å². The first-order valence-electron chi connectivity index (χ1n) is 7.18. The number of rotatable bonds is 5. The Kier molecular flexibility index (Phi) is 5.39. The number of carbonyl (C=O) groups is 2. The van der Waals surface area contributed by atoms with Gasteiger partial charge in [0, 0.05) is 26.2 Å². The molecule has 0 spiro atoms. The molecule has 0 bridgehead atoms. The van der Waals surface area contributed by atoms with Crippen LogP contribution in [0.15, 0.2) is 0 Å². The Labute approximate surface area is 121 Å². The van der Waals surface area contributed by atoms with Gasteiger partial charge < -0.3 is 19.8 Å². The van der Waals surface area contributed by atoms with Gasteiger partial charge >= 0.3 is 12.0 Å². The number of likely N-dealkylation sites (N-methyl/N-ethyl adjacent to an activating group) is 3. The van der Waals surface area contributed by atoms with Crippen molar-refractivity contribution >= 4 is 12.0 Å². The van der Waals surface area contributed by atoms with Crippen LogP contribution in [0.1, 0.15) is 33.6 Å². The van der Waals surface area contributed by atoms with E-state index in [1.807, 2.05) is 0 Å². The summed E-state index contributed by atoms with van der Waals surface area (Å²) >= 11 is 0. The number of urea groups is 1. The van der Waals surface area contributed by atoms with Crippen molar-refractivity contribution in [1.29, 1.82) is 0 Å². The van der Waals surface area contributed by atoms with Crippen LogP contribution in [0.5, 0.6) is 0 Å². The zero-order valence-corrected chi connectivity index (χ0v) is 13.2. The van der Waals surface area contributed by atoms with Gasteiger partial charge in [0.25, 0.3) is 0 Å². The van der Waals surface area contributed by atoms with Gasteiger partial charge in [-0.3, -0.25) is 0 Å². The number of hydrogen-bond acceptors (Lipinski definition) is 3. The summed E-state index contributed by atoms with van der Waals surface area (Å²) in [4.78, 5) is 29.1. The number of aliphatic carboxylic acids is 1. The number of nitrogens with zero attached hydrogens (tertiary/aromatic N) is 3. The second-order valence-corrected chi connectivity index (χ2v) is 6.05. The lowest BCUT2D eigenvalue weighted by Crippen LogP contribution is -2.57. The number of hydrogen-bond donors (Lipinski definition) is 1. The minimum Gasteiger partial charge on any atom is -0.480 e. The summed E-state index contributed by atoms with van der Waals surface area (Å²) in [6.07, 6.45) is 2.24. The second-order valence-electron chi connectivity index (χ2n) is 6.05. The van der Waals surface area contributed by atoms with E-state index in [4.69, 9.17) is 0 Å². The van der Waals surface area contributed by atoms with Gasteiger partial charge in [0.1, 0.15) is 5.54 Å². The van der Waals surface area contributed by atoms with E-state index in [0.717, 1.165) is 19.4 Å². The molecule has 6 heteroatoms. The highest BCUT2D eigenvalue weighted by Gasteiger charge is 2.38. The van der Waals surface area contributed by atoms with Crippen molar-refractivity contribution in [3.05, 3.63) is 0 Å². The van der Waals surface area contributed by atoms with Gasteiger partial charge in [-0.05, 0) is 47.2 Å². The third kappa shape index (κ3) is 3.42. The molecule has 116 valence electrons. The number of likely N-dealkylation sites (tertiary alicyclic amines) is 1. The molecule has 20 heavy (non-hydrogen) atoms. The van der Waals surface area contributed by atoms with Crippen LogP contribution in [0, 0.1) is 0 Å². The number of carboxylic acid groups (broad SMARTS) is 1. The first kappa shape index (κ1) is 16.8. The molecular weight excluding hydrogens is 258 g/mol. The summed E-state index contributed by atoms with van der Waals surface area (Å²) < 4.78 is 0. The van der Waals surface area contributed by atoms with Crippen LogP contribution in [-0.2, 0) is 4.79 Å². The summed E-state index contributed by atoms with van der Waals surface area (Å²) in [6.45, 7) is 7.01. The highest BCUT2D eigenvalue weighted by atomic mass is 16.4. The van der Waals surface area contributed by atoms with Crippen molar-refractivity contribution < 1.29 is 14.7 Å². The normalized spacial score (nSPS) is 19.9. The molecule has 0 aliphatic carbocycles. The van der Waals surface area contributed by atoms with E-state index in [2.05, 4.69) is 11.9 Å². The highest BCUT2D eigenvalue weighted by Crippen LogP contribution is 2.19. The fourth-order valence-electron chi connectivity index (χ4n) is 2.70. The fourth-order valence-corrected chi connectivity index (χ4v) is 2.70. The zero-order valence-electron chi connectivity index (χ0n) is 13.2. The van der Waals surface area contributed by atoms with Crippen molar-refractivity contribution in [3.8, 4) is 0 Å². The van der Waals surface area contributed by atoms with Crippen LogP contribution in [0.3, 0.4) is 0 Å². The van der Waals surface area contributed by atoms with Crippen molar-refractivity contribution in [3.63, 3.8) is 0 Å². The van der Waals surface area contributed by atoms with E-state index in [0.29, 0.717) is 19.1 Å². The molecule has 1 unspecified atom stereocenters. The fraction of sp³-hybridized carbons (Fsp3) is 0.857. The summed E-state index contributed by atoms with van der Waals surface area (Å²) in [5.74, 6) is -0.987. The monoisotopic (exact) mass is 285 g/mol. The average Bonchev–Trinajstić information content (AvgIpc) is 2.75. The highest BCUT2D eigenvalue weighted by molar-refractivity contribution is 5.85. The molecule has 1 fully saturated rings. The largest absolute Gasteiger partial charge is 0.480 e. The zero-order chi connectivity index (χ0) is 15.5. The van der Waals surface area contributed by atoms with Crippen molar-refractivity contribution in [2.75, 3.05) is 33.7 Å². The minimum atomic E-state index is -1.19. The van der Waals surface area contributed by atoms with Crippen LogP contribution in [0.25, 0.3) is 0 Å². The van der Waals surface area contributed by atoms with Gasteiger partial charge in [0.05, 0.1) is 0 Å². The lowest BCUT2D eigenvalue weighted by molar-refractivity contribution is -0.147. The molecule has 1 rings (SSSR count). The Hall–Kier alpha value is -1.30. The quantitative estimate of drug-likeness (QED) is 0.827. The topological polar surface area (TPSA) is 64.1 Å². The summed E-state index contributed by atoms with van der Waals surface area (Å²) in [5, 5.41) is 9.28. The molecular formula is C14H27N3O3. The second kappa shape index (κ2) is 6.43. The molecule has 1 atom stereocenters. The van der Waals surface area contributed by atoms with Crippen molar-refractivity contribution in [2.45, 2.75) is 45.2 Å². The predicted molar refractivity (Wildman–Crippen MR) is 77.8 cm³/mol. The van der Waals surface area contributed by atoms with Gasteiger partial charge in [-0.2, -0.15) is 0 Å². The molecule has 0 aromatic carbocycles. The molecule has 0 saturated carbocycles. The SMILES string of the molecule is CCN(C(=O)N(C)CC1CCCN1C)C(C)(C)C(=O)O. The Morgan fingerprint density at radius 2 is 2.00 bits per heavy atom. The number of carbonyl (C=O) groups excluding carboxylic acids is 1. The lowest BCUT2D eigenvalue weighted by atomic mass is 10.0. The molecule has 1 saturated heterocycles. The van der Waals surface area contributed by atoms with Crippen LogP contribution in [0.2, 0.25) is 0 Å². The van der Waals surface area contributed by atoms with Gasteiger partial charge in [-0.25, -0.2) is 9.59 Å². The molecule has 1 N–H and O–H groups in total. The molecule has 0 radical (unpaired) electrons. The Morgan fingerprint density at radius 3 is 2.40 bits per heavy atom. The smallest absolute Gasteiger partial charge is 0.329 e. The maximum atomic E-state index is 12.5. The van der Waals surface area contributed by atoms with Crippen molar-refractivity contribution in [1.82, 2.24) is 14.7 Å². The van der Waals surface area contributed by atoms with Gasteiger partial charge in [0.15, 0.2) is 0 Å². The van der Waals surface area contributed by atoms with Crippen molar-refractivity contribution in [2.24, 2.45) is 0 Å². The van der Waals surface area contributed by atoms with Gasteiger partial charge in [-0.1, -0.05) is 0 Å². The standard InChI is InChI=1S/C14H27N3O3/c1-6-17(14(2,3)12(18)19)13(20)16(5)10-11-8-7-9-15(11)4/h11H,6-10H2,1-5H3,(H,18,19).